The van der Waals surface area contributed by atoms with Crippen LogP contribution in [0.3, 0.4) is 0 Å². The number of anilines is 1. The molecule has 174 valence electrons. The van der Waals surface area contributed by atoms with Crippen LogP contribution in [0.1, 0.15) is 28.8 Å². The van der Waals surface area contributed by atoms with Crippen LogP contribution in [-0.4, -0.2) is 46.5 Å². The molecule has 0 spiro atoms. The number of benzene rings is 2. The Morgan fingerprint density at radius 1 is 1.09 bits per heavy atom. The molecule has 0 aliphatic carbocycles. The molecule has 0 unspecified atom stereocenters. The normalized spacial score (nSPS) is 15.0. The lowest BCUT2D eigenvalue weighted by atomic mass is 10.1. The third-order valence-corrected chi connectivity index (χ3v) is 7.49. The van der Waals surface area contributed by atoms with Crippen LogP contribution in [0, 0.1) is 0 Å². The van der Waals surface area contributed by atoms with E-state index in [0.717, 1.165) is 37.1 Å². The summed E-state index contributed by atoms with van der Waals surface area (Å²) in [5, 5.41) is 6.25. The van der Waals surface area contributed by atoms with Crippen molar-refractivity contribution < 1.29 is 26.4 Å². The van der Waals surface area contributed by atoms with Crippen molar-refractivity contribution in [2.24, 2.45) is 0 Å². The third-order valence-electron chi connectivity index (χ3n) is 5.11. The Morgan fingerprint density at radius 3 is 2.45 bits per heavy atom. The Hall–Kier alpha value is -2.96. The monoisotopic (exact) mass is 499 g/mol. The maximum Gasteiger partial charge on any atom is 0.416 e. The van der Waals surface area contributed by atoms with Gasteiger partial charge in [0.15, 0.2) is 0 Å². The van der Waals surface area contributed by atoms with Crippen LogP contribution in [0.4, 0.5) is 18.9 Å². The lowest BCUT2D eigenvalue weighted by molar-refractivity contribution is -0.137. The standard InChI is InChI=1S/C20H17ClF3N5O3S/c21-15-5-3-13(9-18(15)33(31,32)28-7-1-2-8-28)19(30)27-16-10-14(20(22,23)24)4-6-17(16)29-12-25-11-26-29/h3-6,9-12H,1-2,7-8H2,(H,27,30). The number of carbonyl (C=O) groups excluding carboxylic acids is 1. The van der Waals surface area contributed by atoms with E-state index in [4.69, 9.17) is 11.6 Å². The molecular formula is C20H17ClF3N5O3S. The molecule has 3 aromatic rings. The van der Waals surface area contributed by atoms with Gasteiger partial charge in [0.05, 0.1) is 22.0 Å². The number of carbonyl (C=O) groups is 1. The molecule has 8 nitrogen and oxygen atoms in total. The molecule has 0 saturated carbocycles. The summed E-state index contributed by atoms with van der Waals surface area (Å²) in [4.78, 5) is 16.4. The van der Waals surface area contributed by atoms with E-state index >= 15 is 0 Å². The van der Waals surface area contributed by atoms with E-state index in [2.05, 4.69) is 15.4 Å². The first-order valence-electron chi connectivity index (χ1n) is 9.75. The number of sulfonamides is 1. The van der Waals surface area contributed by atoms with Crippen molar-refractivity contribution in [3.63, 3.8) is 0 Å². The Bertz CT molecular complexity index is 1290. The average molecular weight is 500 g/mol. The van der Waals surface area contributed by atoms with Gasteiger partial charge in [-0.15, -0.1) is 0 Å². The third kappa shape index (κ3) is 4.72. The number of rotatable bonds is 5. The van der Waals surface area contributed by atoms with E-state index in [1.807, 2.05) is 0 Å². The van der Waals surface area contributed by atoms with Gasteiger partial charge in [0, 0.05) is 18.7 Å². The van der Waals surface area contributed by atoms with Gasteiger partial charge in [-0.3, -0.25) is 4.79 Å². The Morgan fingerprint density at radius 2 is 1.82 bits per heavy atom. The predicted octanol–water partition coefficient (Wildman–Crippen LogP) is 3.98. The van der Waals surface area contributed by atoms with Crippen molar-refractivity contribution in [1.82, 2.24) is 19.1 Å². The van der Waals surface area contributed by atoms with Crippen LogP contribution in [0.25, 0.3) is 5.69 Å². The zero-order valence-electron chi connectivity index (χ0n) is 16.9. The molecule has 1 amide bonds. The number of hydrogen-bond donors (Lipinski definition) is 1. The van der Waals surface area contributed by atoms with Gasteiger partial charge in [0.2, 0.25) is 10.0 Å². The van der Waals surface area contributed by atoms with Gasteiger partial charge in [-0.1, -0.05) is 11.6 Å². The Kier molecular flexibility index (Phi) is 6.16. The van der Waals surface area contributed by atoms with Crippen molar-refractivity contribution in [1.29, 1.82) is 0 Å². The quantitative estimate of drug-likeness (QED) is 0.573. The van der Waals surface area contributed by atoms with E-state index < -0.39 is 27.7 Å². The molecule has 0 radical (unpaired) electrons. The molecule has 1 aliphatic heterocycles. The molecule has 33 heavy (non-hydrogen) atoms. The smallest absolute Gasteiger partial charge is 0.320 e. The molecule has 1 saturated heterocycles. The minimum atomic E-state index is -4.64. The average Bonchev–Trinajstić information content (AvgIpc) is 3.48. The number of nitrogens with zero attached hydrogens (tertiary/aromatic N) is 4. The van der Waals surface area contributed by atoms with Crippen molar-refractivity contribution in [3.8, 4) is 5.69 Å². The molecule has 4 rings (SSSR count). The van der Waals surface area contributed by atoms with Gasteiger partial charge in [-0.05, 0) is 49.2 Å². The van der Waals surface area contributed by atoms with Gasteiger partial charge in [0.25, 0.3) is 5.91 Å². The highest BCUT2D eigenvalue weighted by Gasteiger charge is 2.32. The van der Waals surface area contributed by atoms with E-state index in [1.165, 1.54) is 33.8 Å². The molecule has 0 atom stereocenters. The topological polar surface area (TPSA) is 97.2 Å². The van der Waals surface area contributed by atoms with Crippen LogP contribution in [0.5, 0.6) is 0 Å². The first-order chi connectivity index (χ1) is 15.6. The fourth-order valence-electron chi connectivity index (χ4n) is 3.45. The van der Waals surface area contributed by atoms with Crippen LogP contribution >= 0.6 is 11.6 Å². The van der Waals surface area contributed by atoms with E-state index in [1.54, 1.807) is 0 Å². The van der Waals surface area contributed by atoms with Crippen LogP contribution in [0.15, 0.2) is 53.9 Å². The molecule has 1 fully saturated rings. The molecule has 13 heteroatoms. The second-order valence-electron chi connectivity index (χ2n) is 7.28. The SMILES string of the molecule is O=C(Nc1cc(C(F)(F)F)ccc1-n1cncn1)c1ccc(Cl)c(S(=O)(=O)N2CCCC2)c1. The number of aromatic nitrogens is 3. The Balaban J connectivity index is 1.70. The Labute approximate surface area is 192 Å². The summed E-state index contributed by atoms with van der Waals surface area (Å²) >= 11 is 6.11. The predicted molar refractivity (Wildman–Crippen MR) is 114 cm³/mol. The molecule has 0 bridgehead atoms. The molecular weight excluding hydrogens is 483 g/mol. The van der Waals surface area contributed by atoms with E-state index in [0.29, 0.717) is 13.1 Å². The number of nitrogens with one attached hydrogen (secondary N) is 1. The van der Waals surface area contributed by atoms with Crippen molar-refractivity contribution in [2.45, 2.75) is 23.9 Å². The van der Waals surface area contributed by atoms with Crippen LogP contribution in [-0.2, 0) is 16.2 Å². The number of alkyl halides is 3. The molecule has 2 heterocycles. The van der Waals surface area contributed by atoms with Gasteiger partial charge >= 0.3 is 6.18 Å². The summed E-state index contributed by atoms with van der Waals surface area (Å²) in [6, 6.07) is 6.46. The number of hydrogen-bond acceptors (Lipinski definition) is 5. The zero-order chi connectivity index (χ0) is 23.8. The van der Waals surface area contributed by atoms with E-state index in [9.17, 15) is 26.4 Å². The number of halogens is 4. The van der Waals surface area contributed by atoms with Gasteiger partial charge in [-0.2, -0.15) is 22.6 Å². The highest BCUT2D eigenvalue weighted by Crippen LogP contribution is 2.34. The molecule has 2 aromatic carbocycles. The highest BCUT2D eigenvalue weighted by atomic mass is 35.5. The summed E-state index contributed by atoms with van der Waals surface area (Å²) in [7, 11) is -3.92. The molecule has 1 aliphatic rings. The first-order valence-corrected chi connectivity index (χ1v) is 11.6. The lowest BCUT2D eigenvalue weighted by Gasteiger charge is -2.17. The summed E-state index contributed by atoms with van der Waals surface area (Å²) in [5.41, 5.74) is -1.10. The summed E-state index contributed by atoms with van der Waals surface area (Å²) in [5.74, 6) is -0.815. The fourth-order valence-corrected chi connectivity index (χ4v) is 5.47. The van der Waals surface area contributed by atoms with Crippen LogP contribution in [0.2, 0.25) is 5.02 Å². The van der Waals surface area contributed by atoms with E-state index in [-0.39, 0.29) is 26.9 Å². The van der Waals surface area contributed by atoms with Crippen molar-refractivity contribution in [2.75, 3.05) is 18.4 Å². The minimum Gasteiger partial charge on any atom is -0.320 e. The maximum atomic E-state index is 13.2. The van der Waals surface area contributed by atoms with Gasteiger partial charge in [-0.25, -0.2) is 18.1 Å². The minimum absolute atomic E-state index is 0.0548. The lowest BCUT2D eigenvalue weighted by Crippen LogP contribution is -2.28. The van der Waals surface area contributed by atoms with Gasteiger partial charge in [0.1, 0.15) is 17.6 Å². The van der Waals surface area contributed by atoms with Crippen molar-refractivity contribution >= 4 is 33.2 Å². The molecule has 1 N–H and O–H groups in total. The van der Waals surface area contributed by atoms with Crippen LogP contribution < -0.4 is 5.32 Å². The maximum absolute atomic E-state index is 13.2. The second-order valence-corrected chi connectivity index (χ2v) is 9.59. The largest absolute Gasteiger partial charge is 0.416 e. The molecule has 1 aromatic heterocycles. The fraction of sp³-hybridized carbons (Fsp3) is 0.250. The zero-order valence-corrected chi connectivity index (χ0v) is 18.5. The second kappa shape index (κ2) is 8.76. The number of amides is 1. The van der Waals surface area contributed by atoms with Crippen molar-refractivity contribution in [3.05, 3.63) is 65.2 Å². The first kappa shape index (κ1) is 23.2. The summed E-state index contributed by atoms with van der Waals surface area (Å²) in [6.07, 6.45) is -0.744. The highest BCUT2D eigenvalue weighted by molar-refractivity contribution is 7.89. The van der Waals surface area contributed by atoms with Gasteiger partial charge < -0.3 is 5.32 Å². The summed E-state index contributed by atoms with van der Waals surface area (Å²) in [6.45, 7) is 0.696. The summed E-state index contributed by atoms with van der Waals surface area (Å²) < 4.78 is 68.1.